The normalized spacial score (nSPS) is 10.9. The number of thioether (sulfide) groups is 1. The van der Waals surface area contributed by atoms with Crippen molar-refractivity contribution >= 4 is 29.8 Å². The number of nitrogen functional groups attached to an aromatic ring is 1. The molecule has 0 bridgehead atoms. The Kier molecular flexibility index (Phi) is 5.88. The molecule has 134 valence electrons. The number of aromatic nitrogens is 3. The highest BCUT2D eigenvalue weighted by Gasteiger charge is 2.12. The Morgan fingerprint density at radius 2 is 2.12 bits per heavy atom. The second-order valence-electron chi connectivity index (χ2n) is 5.10. The summed E-state index contributed by atoms with van der Waals surface area (Å²) >= 11 is 1.17. The zero-order valence-electron chi connectivity index (χ0n) is 13.7. The standard InChI is InChI=1S/C16H17N7O2S/c17-23-15(20-19-9-12-5-2-1-3-6-12)21-22-16(23)26-11-14(24)18-10-13-7-4-8-25-13/h1-9H,10-11,17H2,(H,18,24)(H,20,21)/b19-9+. The van der Waals surface area contributed by atoms with Crippen LogP contribution in [0.1, 0.15) is 11.3 Å². The van der Waals surface area contributed by atoms with E-state index in [9.17, 15) is 4.79 Å². The molecule has 1 amide bonds. The van der Waals surface area contributed by atoms with Gasteiger partial charge >= 0.3 is 0 Å². The third kappa shape index (κ3) is 4.86. The molecule has 0 aliphatic carbocycles. The van der Waals surface area contributed by atoms with Crippen molar-refractivity contribution in [3.05, 3.63) is 60.1 Å². The number of hydrogen-bond acceptors (Lipinski definition) is 8. The molecule has 0 saturated carbocycles. The van der Waals surface area contributed by atoms with E-state index >= 15 is 0 Å². The summed E-state index contributed by atoms with van der Waals surface area (Å²) in [5, 5.41) is 15.1. The average molecular weight is 371 g/mol. The van der Waals surface area contributed by atoms with Crippen molar-refractivity contribution in [3.63, 3.8) is 0 Å². The van der Waals surface area contributed by atoms with Gasteiger partial charge in [0.25, 0.3) is 5.95 Å². The lowest BCUT2D eigenvalue weighted by Crippen LogP contribution is -2.24. The molecule has 0 aliphatic rings. The fraction of sp³-hybridized carbons (Fsp3) is 0.125. The summed E-state index contributed by atoms with van der Waals surface area (Å²) in [6.45, 7) is 0.336. The largest absolute Gasteiger partial charge is 0.467 e. The Bertz CT molecular complexity index is 862. The highest BCUT2D eigenvalue weighted by atomic mass is 32.2. The molecule has 0 fully saturated rings. The van der Waals surface area contributed by atoms with Crippen LogP contribution in [0.25, 0.3) is 0 Å². The third-order valence-electron chi connectivity index (χ3n) is 3.21. The first-order valence-corrected chi connectivity index (χ1v) is 8.67. The van der Waals surface area contributed by atoms with Crippen molar-refractivity contribution in [2.45, 2.75) is 11.7 Å². The van der Waals surface area contributed by atoms with Crippen LogP contribution < -0.4 is 16.6 Å². The summed E-state index contributed by atoms with van der Waals surface area (Å²) in [6, 6.07) is 13.1. The lowest BCUT2D eigenvalue weighted by Gasteiger charge is -2.04. The Labute approximate surface area is 153 Å². The summed E-state index contributed by atoms with van der Waals surface area (Å²) in [5.41, 5.74) is 3.66. The summed E-state index contributed by atoms with van der Waals surface area (Å²) in [6.07, 6.45) is 3.20. The maximum Gasteiger partial charge on any atom is 0.264 e. The molecular formula is C16H17N7O2S. The first-order chi connectivity index (χ1) is 12.7. The number of rotatable bonds is 8. The van der Waals surface area contributed by atoms with E-state index in [-0.39, 0.29) is 17.6 Å². The summed E-state index contributed by atoms with van der Waals surface area (Å²) in [5.74, 6) is 6.86. The van der Waals surface area contributed by atoms with Gasteiger partial charge in [-0.3, -0.25) is 4.79 Å². The van der Waals surface area contributed by atoms with E-state index < -0.39 is 0 Å². The Morgan fingerprint density at radius 1 is 1.27 bits per heavy atom. The van der Waals surface area contributed by atoms with Crippen LogP contribution in [0.3, 0.4) is 0 Å². The molecule has 9 nitrogen and oxygen atoms in total. The van der Waals surface area contributed by atoms with E-state index in [0.29, 0.717) is 17.5 Å². The maximum absolute atomic E-state index is 11.8. The van der Waals surface area contributed by atoms with Crippen LogP contribution in [-0.2, 0) is 11.3 Å². The van der Waals surface area contributed by atoms with Gasteiger partial charge in [0, 0.05) is 0 Å². The first kappa shape index (κ1) is 17.5. The van der Waals surface area contributed by atoms with Gasteiger partial charge in [-0.1, -0.05) is 42.1 Å². The zero-order chi connectivity index (χ0) is 18.2. The third-order valence-corrected chi connectivity index (χ3v) is 4.16. The van der Waals surface area contributed by atoms with Gasteiger partial charge in [-0.25, -0.2) is 10.1 Å². The molecule has 3 rings (SSSR count). The molecule has 2 heterocycles. The van der Waals surface area contributed by atoms with E-state index in [1.807, 2.05) is 30.3 Å². The highest BCUT2D eigenvalue weighted by molar-refractivity contribution is 7.99. The second-order valence-corrected chi connectivity index (χ2v) is 6.04. The number of furan rings is 1. The van der Waals surface area contributed by atoms with E-state index in [2.05, 4.69) is 26.0 Å². The van der Waals surface area contributed by atoms with Gasteiger partial charge < -0.3 is 15.6 Å². The Morgan fingerprint density at radius 3 is 2.88 bits per heavy atom. The van der Waals surface area contributed by atoms with E-state index in [1.54, 1.807) is 24.6 Å². The molecule has 4 N–H and O–H groups in total. The maximum atomic E-state index is 11.8. The predicted octanol–water partition coefficient (Wildman–Crippen LogP) is 1.44. The molecule has 0 spiro atoms. The topological polar surface area (TPSA) is 123 Å². The fourth-order valence-electron chi connectivity index (χ4n) is 1.94. The molecular weight excluding hydrogens is 354 g/mol. The van der Waals surface area contributed by atoms with Gasteiger partial charge in [0.2, 0.25) is 11.1 Å². The number of benzene rings is 1. The molecule has 0 unspecified atom stereocenters. The molecule has 0 atom stereocenters. The number of anilines is 1. The van der Waals surface area contributed by atoms with Gasteiger partial charge in [-0.15, -0.1) is 10.2 Å². The Hall–Kier alpha value is -3.27. The number of nitrogens with zero attached hydrogens (tertiary/aromatic N) is 4. The molecule has 0 saturated heterocycles. The number of carbonyl (C=O) groups excluding carboxylic acids is 1. The van der Waals surface area contributed by atoms with Crippen LogP contribution in [0.15, 0.2) is 63.4 Å². The van der Waals surface area contributed by atoms with Gasteiger partial charge in [0.15, 0.2) is 0 Å². The van der Waals surface area contributed by atoms with Crippen LogP contribution in [0, 0.1) is 0 Å². The van der Waals surface area contributed by atoms with Gasteiger partial charge in [0.05, 0.1) is 24.8 Å². The van der Waals surface area contributed by atoms with Crippen LogP contribution in [-0.4, -0.2) is 32.7 Å². The van der Waals surface area contributed by atoms with Crippen molar-refractivity contribution in [1.82, 2.24) is 20.2 Å². The summed E-state index contributed by atoms with van der Waals surface area (Å²) < 4.78 is 6.39. The molecule has 2 aromatic heterocycles. The van der Waals surface area contributed by atoms with E-state index in [1.165, 1.54) is 16.4 Å². The molecule has 1 aromatic carbocycles. The van der Waals surface area contributed by atoms with E-state index in [4.69, 9.17) is 10.3 Å². The van der Waals surface area contributed by atoms with Crippen LogP contribution in [0.5, 0.6) is 0 Å². The van der Waals surface area contributed by atoms with Crippen molar-refractivity contribution in [1.29, 1.82) is 0 Å². The number of nitrogens with two attached hydrogens (primary N) is 1. The number of nitrogens with one attached hydrogen (secondary N) is 2. The minimum Gasteiger partial charge on any atom is -0.467 e. The monoisotopic (exact) mass is 371 g/mol. The zero-order valence-corrected chi connectivity index (χ0v) is 14.5. The average Bonchev–Trinajstić information content (AvgIpc) is 3.30. The molecule has 3 aromatic rings. The van der Waals surface area contributed by atoms with Crippen molar-refractivity contribution < 1.29 is 9.21 Å². The molecule has 0 radical (unpaired) electrons. The predicted molar refractivity (Wildman–Crippen MR) is 99.1 cm³/mol. The minimum absolute atomic E-state index is 0.156. The smallest absolute Gasteiger partial charge is 0.264 e. The number of carbonyl (C=O) groups is 1. The van der Waals surface area contributed by atoms with Crippen LogP contribution >= 0.6 is 11.8 Å². The quantitative estimate of drug-likeness (QED) is 0.237. The van der Waals surface area contributed by atoms with Crippen molar-refractivity contribution in [2.75, 3.05) is 17.0 Å². The molecule has 10 heteroatoms. The van der Waals surface area contributed by atoms with Gasteiger partial charge in [-0.05, 0) is 17.7 Å². The highest BCUT2D eigenvalue weighted by Crippen LogP contribution is 2.16. The van der Waals surface area contributed by atoms with Crippen LogP contribution in [0.2, 0.25) is 0 Å². The number of amides is 1. The number of hydrazone groups is 1. The first-order valence-electron chi connectivity index (χ1n) is 7.69. The Balaban J connectivity index is 1.47. The minimum atomic E-state index is -0.161. The lowest BCUT2D eigenvalue weighted by atomic mass is 10.2. The SMILES string of the molecule is Nn1c(N/N=C/c2ccccc2)nnc1SCC(=O)NCc1ccco1. The van der Waals surface area contributed by atoms with Crippen molar-refractivity contribution in [2.24, 2.45) is 5.10 Å². The molecule has 26 heavy (non-hydrogen) atoms. The second kappa shape index (κ2) is 8.72. The lowest BCUT2D eigenvalue weighted by molar-refractivity contribution is -0.118. The van der Waals surface area contributed by atoms with Gasteiger partial charge in [-0.2, -0.15) is 5.10 Å². The number of hydrogen-bond donors (Lipinski definition) is 3. The molecule has 0 aliphatic heterocycles. The van der Waals surface area contributed by atoms with Crippen LogP contribution in [0.4, 0.5) is 5.95 Å². The van der Waals surface area contributed by atoms with Crippen molar-refractivity contribution in [3.8, 4) is 0 Å². The summed E-state index contributed by atoms with van der Waals surface area (Å²) in [7, 11) is 0. The summed E-state index contributed by atoms with van der Waals surface area (Å²) in [4.78, 5) is 11.8. The van der Waals surface area contributed by atoms with Gasteiger partial charge in [0.1, 0.15) is 5.76 Å². The van der Waals surface area contributed by atoms with E-state index in [0.717, 1.165) is 5.56 Å². The fourth-order valence-corrected chi connectivity index (χ4v) is 2.62.